The number of rotatable bonds is 12. The van der Waals surface area contributed by atoms with Crippen molar-refractivity contribution in [1.82, 2.24) is 31.0 Å². The van der Waals surface area contributed by atoms with Crippen molar-refractivity contribution in [3.05, 3.63) is 59.7 Å². The Balaban J connectivity index is 0.000000332. The Bertz CT molecular complexity index is 864. The van der Waals surface area contributed by atoms with Gasteiger partial charge in [-0.1, -0.05) is 63.2 Å². The van der Waals surface area contributed by atoms with Crippen LogP contribution in [0.2, 0.25) is 0 Å². The van der Waals surface area contributed by atoms with E-state index in [9.17, 15) is 4.79 Å². The summed E-state index contributed by atoms with van der Waals surface area (Å²) in [5, 5.41) is 10.2. The first-order valence-corrected chi connectivity index (χ1v) is 12.5. The number of hydrazine groups is 2. The number of benzene rings is 1. The van der Waals surface area contributed by atoms with E-state index in [1.54, 1.807) is 6.92 Å². The van der Waals surface area contributed by atoms with Crippen LogP contribution in [0.4, 0.5) is 0 Å². The predicted octanol–water partition coefficient (Wildman–Crippen LogP) is 4.49. The van der Waals surface area contributed by atoms with Crippen LogP contribution in [0, 0.1) is 11.8 Å². The number of allylic oxidation sites excluding steroid dienone is 1. The normalized spacial score (nSPS) is 12.4. The lowest BCUT2D eigenvalue weighted by molar-refractivity contribution is -0.117. The quantitative estimate of drug-likeness (QED) is 0.458. The number of nitrogens with one attached hydrogen (secondary N) is 2. The number of aryl methyl sites for hydroxylation is 2. The highest BCUT2D eigenvalue weighted by Crippen LogP contribution is 2.12. The molecule has 0 radical (unpaired) electrons. The minimum absolute atomic E-state index is 0.234. The van der Waals surface area contributed by atoms with E-state index in [0.717, 1.165) is 50.9 Å². The van der Waals surface area contributed by atoms with Gasteiger partial charge in [0.2, 0.25) is 0 Å². The summed E-state index contributed by atoms with van der Waals surface area (Å²) >= 11 is 0. The van der Waals surface area contributed by atoms with E-state index < -0.39 is 0 Å². The highest BCUT2D eigenvalue weighted by atomic mass is 16.1. The molecule has 1 aliphatic rings. The zero-order valence-corrected chi connectivity index (χ0v) is 22.2. The van der Waals surface area contributed by atoms with Crippen LogP contribution in [0.5, 0.6) is 0 Å². The monoisotopic (exact) mass is 484 g/mol. The fourth-order valence-electron chi connectivity index (χ4n) is 3.61. The Morgan fingerprint density at radius 3 is 2.31 bits per heavy atom. The van der Waals surface area contributed by atoms with Gasteiger partial charge in [-0.2, -0.15) is 0 Å². The molecule has 0 bridgehead atoms. The number of carbonyl (C=O) groups excluding carboxylic acids is 2. The molecule has 8 heteroatoms. The minimum Gasteiger partial charge on any atom is -0.307 e. The number of ketones is 1. The SMILES string of the molecule is C=O.CC(=O)CCCn1cc(CC(C)C)nn1.CC(C)CC1=CN(CCCc2ccccc2)NN1. The van der Waals surface area contributed by atoms with E-state index in [2.05, 4.69) is 90.5 Å². The summed E-state index contributed by atoms with van der Waals surface area (Å²) in [5.41, 5.74) is 10.1. The molecule has 0 unspecified atom stereocenters. The van der Waals surface area contributed by atoms with Crippen LogP contribution in [-0.2, 0) is 29.0 Å². The van der Waals surface area contributed by atoms with Crippen molar-refractivity contribution in [3.8, 4) is 0 Å². The summed E-state index contributed by atoms with van der Waals surface area (Å²) in [6, 6.07) is 10.7. The molecule has 0 aliphatic carbocycles. The van der Waals surface area contributed by atoms with Gasteiger partial charge in [-0.05, 0) is 56.4 Å². The summed E-state index contributed by atoms with van der Waals surface area (Å²) in [6.45, 7) is 14.2. The second-order valence-electron chi connectivity index (χ2n) is 9.65. The number of hydrogen-bond acceptors (Lipinski definition) is 7. The third-order valence-corrected chi connectivity index (χ3v) is 5.13. The number of nitrogens with zero attached hydrogens (tertiary/aromatic N) is 4. The molecular formula is C27H44N6O2. The second-order valence-corrected chi connectivity index (χ2v) is 9.65. The minimum atomic E-state index is 0.234. The Morgan fingerprint density at radius 1 is 1.00 bits per heavy atom. The summed E-state index contributed by atoms with van der Waals surface area (Å²) in [4.78, 5) is 18.7. The van der Waals surface area contributed by atoms with Gasteiger partial charge in [-0.3, -0.25) is 9.69 Å². The van der Waals surface area contributed by atoms with E-state index in [4.69, 9.17) is 4.79 Å². The molecule has 0 fully saturated rings. The summed E-state index contributed by atoms with van der Waals surface area (Å²) in [6.07, 6.45) is 9.98. The number of aromatic nitrogens is 3. The smallest absolute Gasteiger partial charge is 0.129 e. The maximum Gasteiger partial charge on any atom is 0.129 e. The molecule has 0 saturated heterocycles. The molecule has 0 amide bonds. The van der Waals surface area contributed by atoms with Crippen LogP contribution in [0.15, 0.2) is 48.4 Å². The van der Waals surface area contributed by atoms with E-state index in [0.29, 0.717) is 18.3 Å². The Labute approximate surface area is 211 Å². The van der Waals surface area contributed by atoms with Gasteiger partial charge in [-0.15, -0.1) is 10.6 Å². The predicted molar refractivity (Wildman–Crippen MR) is 141 cm³/mol. The van der Waals surface area contributed by atoms with Crippen molar-refractivity contribution in [2.75, 3.05) is 6.54 Å². The second kappa shape index (κ2) is 17.4. The van der Waals surface area contributed by atoms with Crippen molar-refractivity contribution < 1.29 is 9.59 Å². The van der Waals surface area contributed by atoms with Gasteiger partial charge < -0.3 is 15.0 Å². The molecule has 1 aliphatic heterocycles. The van der Waals surface area contributed by atoms with Gasteiger partial charge in [0.1, 0.15) is 12.6 Å². The Hall–Kier alpha value is -3.00. The van der Waals surface area contributed by atoms with Gasteiger partial charge in [0.25, 0.3) is 0 Å². The summed E-state index contributed by atoms with van der Waals surface area (Å²) < 4.78 is 1.82. The van der Waals surface area contributed by atoms with Gasteiger partial charge in [-0.25, -0.2) is 0 Å². The topological polar surface area (TPSA) is 92.1 Å². The van der Waals surface area contributed by atoms with Gasteiger partial charge in [0.05, 0.1) is 5.69 Å². The molecule has 0 saturated carbocycles. The van der Waals surface area contributed by atoms with Crippen molar-refractivity contribution >= 4 is 12.6 Å². The first-order chi connectivity index (χ1) is 16.8. The Kier molecular flexibility index (Phi) is 15.0. The molecular weight excluding hydrogens is 440 g/mol. The highest BCUT2D eigenvalue weighted by Gasteiger charge is 2.11. The first-order valence-electron chi connectivity index (χ1n) is 12.5. The summed E-state index contributed by atoms with van der Waals surface area (Å²) in [7, 11) is 0. The first kappa shape index (κ1) is 30.0. The average molecular weight is 485 g/mol. The summed E-state index contributed by atoms with van der Waals surface area (Å²) in [5.74, 6) is 1.53. The molecule has 35 heavy (non-hydrogen) atoms. The van der Waals surface area contributed by atoms with Crippen LogP contribution in [0.1, 0.15) is 71.6 Å². The van der Waals surface area contributed by atoms with E-state index in [-0.39, 0.29) is 5.78 Å². The fourth-order valence-corrected chi connectivity index (χ4v) is 3.61. The number of hydrogen-bond donors (Lipinski definition) is 2. The maximum absolute atomic E-state index is 10.7. The molecule has 1 aromatic heterocycles. The molecule has 194 valence electrons. The van der Waals surface area contributed by atoms with Crippen molar-refractivity contribution in [2.24, 2.45) is 11.8 Å². The van der Waals surface area contributed by atoms with E-state index in [1.165, 1.54) is 11.3 Å². The third-order valence-electron chi connectivity index (χ3n) is 5.13. The Morgan fingerprint density at radius 2 is 1.69 bits per heavy atom. The molecule has 0 spiro atoms. The zero-order chi connectivity index (χ0) is 26.1. The third kappa shape index (κ3) is 14.1. The zero-order valence-electron chi connectivity index (χ0n) is 22.2. The van der Waals surface area contributed by atoms with Crippen LogP contribution in [-0.4, -0.2) is 39.1 Å². The maximum atomic E-state index is 10.7. The van der Waals surface area contributed by atoms with Crippen LogP contribution in [0.3, 0.4) is 0 Å². The molecule has 2 aromatic rings. The average Bonchev–Trinajstić information content (AvgIpc) is 3.44. The van der Waals surface area contributed by atoms with Crippen molar-refractivity contribution in [3.63, 3.8) is 0 Å². The van der Waals surface area contributed by atoms with Crippen LogP contribution < -0.4 is 11.0 Å². The van der Waals surface area contributed by atoms with Gasteiger partial charge >= 0.3 is 0 Å². The largest absolute Gasteiger partial charge is 0.307 e. The van der Waals surface area contributed by atoms with Crippen molar-refractivity contribution in [2.45, 2.75) is 79.7 Å². The van der Waals surface area contributed by atoms with Gasteiger partial charge in [0.15, 0.2) is 0 Å². The lowest BCUT2D eigenvalue weighted by Crippen LogP contribution is -2.37. The lowest BCUT2D eigenvalue weighted by atomic mass is 10.1. The van der Waals surface area contributed by atoms with E-state index >= 15 is 0 Å². The molecule has 3 rings (SSSR count). The molecule has 2 heterocycles. The number of Topliss-reactive ketones (excluding diaryl/α,β-unsaturated/α-hetero) is 1. The molecule has 8 nitrogen and oxygen atoms in total. The standard InChI is InChI=1S/C15H23N3.C11H19N3O.CH2O/c1-13(2)11-15-12-18(17-16-15)10-6-9-14-7-4-3-5-8-14;1-9(2)7-11-8-14(13-12-11)6-4-5-10(3)15;1-2/h3-5,7-8,12-13,16-17H,6,9-11H2,1-2H3;8-9H,4-7H2,1-3H3;1H2. The van der Waals surface area contributed by atoms with Crippen LogP contribution in [0.25, 0.3) is 0 Å². The molecule has 2 N–H and O–H groups in total. The van der Waals surface area contributed by atoms with Gasteiger partial charge in [0, 0.05) is 37.6 Å². The number of carbonyl (C=O) groups is 2. The fraction of sp³-hybridized carbons (Fsp3) is 0.556. The molecule has 0 atom stereocenters. The van der Waals surface area contributed by atoms with Crippen molar-refractivity contribution in [1.29, 1.82) is 0 Å². The molecule has 1 aromatic carbocycles. The van der Waals surface area contributed by atoms with E-state index in [1.807, 2.05) is 17.7 Å². The highest BCUT2D eigenvalue weighted by molar-refractivity contribution is 5.75. The lowest BCUT2D eigenvalue weighted by Gasteiger charge is -2.14. The van der Waals surface area contributed by atoms with Crippen LogP contribution >= 0.6 is 0 Å².